The Kier molecular flexibility index (Phi) is 4.26. The van der Waals surface area contributed by atoms with Crippen molar-refractivity contribution in [1.29, 1.82) is 0 Å². The molecular formula is C21H19FN2O3. The van der Waals surface area contributed by atoms with E-state index >= 15 is 0 Å². The first kappa shape index (κ1) is 17.4. The van der Waals surface area contributed by atoms with Gasteiger partial charge in [-0.3, -0.25) is 14.5 Å². The van der Waals surface area contributed by atoms with Gasteiger partial charge in [-0.05, 0) is 61.1 Å². The number of benzene rings is 2. The molecule has 1 spiro atoms. The summed E-state index contributed by atoms with van der Waals surface area (Å²) in [6.45, 7) is -0.361. The molecule has 5 nitrogen and oxygen atoms in total. The number of hydrogen-bond donors (Lipinski definition) is 1. The van der Waals surface area contributed by atoms with Gasteiger partial charge in [-0.1, -0.05) is 24.3 Å². The van der Waals surface area contributed by atoms with Gasteiger partial charge in [0, 0.05) is 5.56 Å². The molecule has 3 amide bonds. The topological polar surface area (TPSA) is 66.5 Å². The maximum absolute atomic E-state index is 13.3. The molecule has 1 saturated heterocycles. The minimum absolute atomic E-state index is 0.263. The third-order valence-electron chi connectivity index (χ3n) is 5.37. The van der Waals surface area contributed by atoms with Gasteiger partial charge in [-0.25, -0.2) is 9.18 Å². The molecule has 1 atom stereocenters. The zero-order valence-electron chi connectivity index (χ0n) is 14.7. The van der Waals surface area contributed by atoms with Crippen molar-refractivity contribution < 1.29 is 18.8 Å². The first-order valence-electron chi connectivity index (χ1n) is 9.02. The van der Waals surface area contributed by atoms with Crippen molar-refractivity contribution in [2.75, 3.05) is 6.54 Å². The molecule has 2 aromatic carbocycles. The van der Waals surface area contributed by atoms with Gasteiger partial charge >= 0.3 is 6.03 Å². The largest absolute Gasteiger partial charge is 0.325 e. The second kappa shape index (κ2) is 6.61. The lowest BCUT2D eigenvalue weighted by molar-refractivity contribution is -0.131. The summed E-state index contributed by atoms with van der Waals surface area (Å²) in [7, 11) is 0. The van der Waals surface area contributed by atoms with E-state index in [2.05, 4.69) is 5.32 Å². The smallest absolute Gasteiger partial charge is 0.319 e. The molecule has 1 aliphatic carbocycles. The molecule has 138 valence electrons. The number of urea groups is 1. The third kappa shape index (κ3) is 2.91. The number of fused-ring (bicyclic) bond motifs is 2. The van der Waals surface area contributed by atoms with E-state index in [1.807, 2.05) is 24.3 Å². The van der Waals surface area contributed by atoms with E-state index in [1.165, 1.54) is 24.3 Å². The van der Waals surface area contributed by atoms with Crippen molar-refractivity contribution in [3.63, 3.8) is 0 Å². The van der Waals surface area contributed by atoms with Gasteiger partial charge in [-0.2, -0.15) is 0 Å². The Morgan fingerprint density at radius 2 is 1.81 bits per heavy atom. The number of Topliss-reactive ketones (excluding diaryl/α,β-unsaturated/α-hetero) is 1. The van der Waals surface area contributed by atoms with Crippen LogP contribution in [-0.4, -0.2) is 29.2 Å². The van der Waals surface area contributed by atoms with E-state index < -0.39 is 29.1 Å². The molecule has 1 N–H and O–H groups in total. The van der Waals surface area contributed by atoms with Gasteiger partial charge < -0.3 is 5.32 Å². The highest BCUT2D eigenvalue weighted by Gasteiger charge is 2.53. The third-order valence-corrected chi connectivity index (χ3v) is 5.37. The molecule has 0 radical (unpaired) electrons. The number of nitrogens with zero attached hydrogens (tertiary/aromatic N) is 1. The SMILES string of the molecule is O=C(CN1C(=O)NC2(CCCCc3ccccc32)C1=O)c1ccc(F)cc1. The van der Waals surface area contributed by atoms with Gasteiger partial charge in [0.1, 0.15) is 11.4 Å². The van der Waals surface area contributed by atoms with Gasteiger partial charge in [0.2, 0.25) is 0 Å². The average molecular weight is 366 g/mol. The normalized spacial score (nSPS) is 21.7. The van der Waals surface area contributed by atoms with E-state index in [4.69, 9.17) is 0 Å². The van der Waals surface area contributed by atoms with Crippen LogP contribution in [0.3, 0.4) is 0 Å². The molecule has 1 aliphatic heterocycles. The number of ketones is 1. The summed E-state index contributed by atoms with van der Waals surface area (Å²) in [5.41, 5.74) is 1.03. The lowest BCUT2D eigenvalue weighted by Gasteiger charge is -2.27. The van der Waals surface area contributed by atoms with Crippen LogP contribution in [0.15, 0.2) is 48.5 Å². The fourth-order valence-electron chi connectivity index (χ4n) is 3.99. The molecule has 0 aromatic heterocycles. The summed E-state index contributed by atoms with van der Waals surface area (Å²) in [5, 5.41) is 2.86. The molecule has 1 fully saturated rings. The molecule has 2 aliphatic rings. The van der Waals surface area contributed by atoms with Crippen LogP contribution in [-0.2, 0) is 16.8 Å². The molecule has 1 unspecified atom stereocenters. The Morgan fingerprint density at radius 1 is 1.07 bits per heavy atom. The molecule has 1 heterocycles. The number of halogens is 1. The Hall–Kier alpha value is -3.02. The predicted molar refractivity (Wildman–Crippen MR) is 96.7 cm³/mol. The number of nitrogens with one attached hydrogen (secondary N) is 1. The minimum atomic E-state index is -1.10. The Bertz CT molecular complexity index is 925. The summed E-state index contributed by atoms with van der Waals surface area (Å²) in [4.78, 5) is 39.3. The second-order valence-corrected chi connectivity index (χ2v) is 7.02. The van der Waals surface area contributed by atoms with Crippen LogP contribution in [0, 0.1) is 5.82 Å². The number of hydrogen-bond acceptors (Lipinski definition) is 3. The van der Waals surface area contributed by atoms with Gasteiger partial charge in [0.15, 0.2) is 5.78 Å². The van der Waals surface area contributed by atoms with Crippen molar-refractivity contribution >= 4 is 17.7 Å². The number of carbonyl (C=O) groups excluding carboxylic acids is 3. The zero-order chi connectivity index (χ0) is 19.0. The van der Waals surface area contributed by atoms with Gasteiger partial charge in [0.25, 0.3) is 5.91 Å². The highest BCUT2D eigenvalue weighted by molar-refractivity contribution is 6.11. The monoisotopic (exact) mass is 366 g/mol. The van der Waals surface area contributed by atoms with Crippen molar-refractivity contribution in [3.8, 4) is 0 Å². The van der Waals surface area contributed by atoms with E-state index in [-0.39, 0.29) is 12.1 Å². The molecule has 4 rings (SSSR count). The molecule has 27 heavy (non-hydrogen) atoms. The molecular weight excluding hydrogens is 347 g/mol. The van der Waals surface area contributed by atoms with Crippen LogP contribution in [0.4, 0.5) is 9.18 Å². The minimum Gasteiger partial charge on any atom is -0.319 e. The summed E-state index contributed by atoms with van der Waals surface area (Å²) in [6.07, 6.45) is 3.11. The summed E-state index contributed by atoms with van der Waals surface area (Å²) in [6, 6.07) is 12.2. The molecule has 2 aromatic rings. The highest BCUT2D eigenvalue weighted by atomic mass is 19.1. The van der Waals surface area contributed by atoms with Crippen LogP contribution < -0.4 is 5.32 Å². The van der Waals surface area contributed by atoms with Crippen molar-refractivity contribution in [1.82, 2.24) is 10.2 Å². The zero-order valence-corrected chi connectivity index (χ0v) is 14.7. The van der Waals surface area contributed by atoms with E-state index in [0.717, 1.165) is 35.3 Å². The molecule has 0 saturated carbocycles. The lowest BCUT2D eigenvalue weighted by atomic mass is 9.84. The first-order valence-corrected chi connectivity index (χ1v) is 9.02. The van der Waals surface area contributed by atoms with E-state index in [1.54, 1.807) is 0 Å². The number of aryl methyl sites for hydroxylation is 1. The average Bonchev–Trinajstić information content (AvgIpc) is 2.82. The number of amides is 3. The Morgan fingerprint density at radius 3 is 2.59 bits per heavy atom. The van der Waals surface area contributed by atoms with Gasteiger partial charge in [-0.15, -0.1) is 0 Å². The standard InChI is InChI=1S/C21H19FN2O3/c22-16-10-8-15(9-11-16)18(25)13-24-19(26)21(23-20(24)27)12-4-3-6-14-5-1-2-7-17(14)21/h1-2,5,7-11H,3-4,6,12-13H2,(H,23,27). The summed E-state index contributed by atoms with van der Waals surface area (Å²) < 4.78 is 13.1. The molecule has 6 heteroatoms. The van der Waals surface area contributed by atoms with Crippen LogP contribution in [0.5, 0.6) is 0 Å². The fraction of sp³-hybridized carbons (Fsp3) is 0.286. The Balaban J connectivity index is 1.64. The predicted octanol–water partition coefficient (Wildman–Crippen LogP) is 3.18. The van der Waals surface area contributed by atoms with Crippen molar-refractivity contribution in [3.05, 3.63) is 71.0 Å². The maximum Gasteiger partial charge on any atom is 0.325 e. The van der Waals surface area contributed by atoms with Gasteiger partial charge in [0.05, 0.1) is 6.54 Å². The van der Waals surface area contributed by atoms with E-state index in [9.17, 15) is 18.8 Å². The highest BCUT2D eigenvalue weighted by Crippen LogP contribution is 2.38. The van der Waals surface area contributed by atoms with Crippen LogP contribution in [0.2, 0.25) is 0 Å². The lowest BCUT2D eigenvalue weighted by Crippen LogP contribution is -2.44. The second-order valence-electron chi connectivity index (χ2n) is 7.02. The number of rotatable bonds is 3. The first-order chi connectivity index (χ1) is 13.0. The quantitative estimate of drug-likeness (QED) is 0.670. The summed E-state index contributed by atoms with van der Waals surface area (Å²) >= 11 is 0. The molecule has 0 bridgehead atoms. The number of carbonyl (C=O) groups is 3. The summed E-state index contributed by atoms with van der Waals surface area (Å²) in [5.74, 6) is -1.25. The maximum atomic E-state index is 13.3. The Labute approximate surface area is 156 Å². The number of imide groups is 1. The van der Waals surface area contributed by atoms with Crippen molar-refractivity contribution in [2.24, 2.45) is 0 Å². The van der Waals surface area contributed by atoms with Crippen LogP contribution in [0.25, 0.3) is 0 Å². The van der Waals surface area contributed by atoms with Crippen LogP contribution in [0.1, 0.15) is 40.7 Å². The van der Waals surface area contributed by atoms with E-state index in [0.29, 0.717) is 6.42 Å². The fourth-order valence-corrected chi connectivity index (χ4v) is 3.99. The van der Waals surface area contributed by atoms with Crippen molar-refractivity contribution in [2.45, 2.75) is 31.2 Å². The van der Waals surface area contributed by atoms with Crippen LogP contribution >= 0.6 is 0 Å².